The summed E-state index contributed by atoms with van der Waals surface area (Å²) in [4.78, 5) is 23.1. The maximum Gasteiger partial charge on any atom is 0.251 e. The second-order valence-corrected chi connectivity index (χ2v) is 4.88. The lowest BCUT2D eigenvalue weighted by Crippen LogP contribution is -2.38. The van der Waals surface area contributed by atoms with Gasteiger partial charge in [0.2, 0.25) is 5.91 Å². The van der Waals surface area contributed by atoms with E-state index in [0.717, 1.165) is 6.42 Å². The predicted octanol–water partition coefficient (Wildman–Crippen LogP) is 0.720. The summed E-state index contributed by atoms with van der Waals surface area (Å²) in [5.41, 5.74) is 0.536. The summed E-state index contributed by atoms with van der Waals surface area (Å²) in [6.07, 6.45) is 1.29. The Morgan fingerprint density at radius 2 is 2.29 bits per heavy atom. The molecular weight excluding hydrogens is 272 g/mol. The van der Waals surface area contributed by atoms with Crippen LogP contribution < -0.4 is 15.4 Å². The molecule has 21 heavy (non-hydrogen) atoms. The Bertz CT molecular complexity index is 504. The molecule has 6 nitrogen and oxygen atoms in total. The van der Waals surface area contributed by atoms with E-state index in [1.807, 2.05) is 0 Å². The van der Waals surface area contributed by atoms with Crippen LogP contribution in [0.25, 0.3) is 0 Å². The highest BCUT2D eigenvalue weighted by atomic mass is 16.5. The van der Waals surface area contributed by atoms with Crippen molar-refractivity contribution in [3.05, 3.63) is 29.8 Å². The van der Waals surface area contributed by atoms with Crippen LogP contribution in [-0.4, -0.2) is 44.7 Å². The highest BCUT2D eigenvalue weighted by molar-refractivity contribution is 5.94. The van der Waals surface area contributed by atoms with Gasteiger partial charge in [-0.2, -0.15) is 0 Å². The Morgan fingerprint density at radius 3 is 3.00 bits per heavy atom. The summed E-state index contributed by atoms with van der Waals surface area (Å²) in [6, 6.07) is 7.02. The molecule has 1 aliphatic heterocycles. The third kappa shape index (κ3) is 4.75. The molecule has 114 valence electrons. The van der Waals surface area contributed by atoms with E-state index < -0.39 is 0 Å². The zero-order chi connectivity index (χ0) is 15.1. The van der Waals surface area contributed by atoms with Gasteiger partial charge in [-0.05, 0) is 24.6 Å². The van der Waals surface area contributed by atoms with Crippen molar-refractivity contribution in [3.63, 3.8) is 0 Å². The maximum atomic E-state index is 12.1. The predicted molar refractivity (Wildman–Crippen MR) is 77.3 cm³/mol. The van der Waals surface area contributed by atoms with Crippen molar-refractivity contribution in [3.8, 4) is 5.75 Å². The number of benzene rings is 1. The van der Waals surface area contributed by atoms with Gasteiger partial charge in [-0.3, -0.25) is 9.59 Å². The summed E-state index contributed by atoms with van der Waals surface area (Å²) in [6.45, 7) is 1.38. The second kappa shape index (κ2) is 7.64. The summed E-state index contributed by atoms with van der Waals surface area (Å²) in [5, 5.41) is 5.64. The van der Waals surface area contributed by atoms with Gasteiger partial charge in [0.25, 0.3) is 5.91 Å². The molecule has 0 spiro atoms. The second-order valence-electron chi connectivity index (χ2n) is 4.88. The Kier molecular flexibility index (Phi) is 5.57. The monoisotopic (exact) mass is 292 g/mol. The molecule has 0 aliphatic carbocycles. The van der Waals surface area contributed by atoms with Crippen molar-refractivity contribution in [2.75, 3.05) is 26.9 Å². The van der Waals surface area contributed by atoms with Gasteiger partial charge in [0, 0.05) is 31.7 Å². The van der Waals surface area contributed by atoms with Crippen molar-refractivity contribution in [2.45, 2.75) is 18.9 Å². The van der Waals surface area contributed by atoms with Gasteiger partial charge >= 0.3 is 0 Å². The Labute approximate surface area is 123 Å². The zero-order valence-electron chi connectivity index (χ0n) is 12.1. The fourth-order valence-electron chi connectivity index (χ4n) is 2.12. The molecule has 1 aliphatic rings. The Balaban J connectivity index is 1.83. The highest BCUT2D eigenvalue weighted by Crippen LogP contribution is 2.13. The highest BCUT2D eigenvalue weighted by Gasteiger charge is 2.21. The summed E-state index contributed by atoms with van der Waals surface area (Å²) in [5.74, 6) is 0.505. The maximum absolute atomic E-state index is 12.1. The number of methoxy groups -OCH3 is 1. The van der Waals surface area contributed by atoms with Crippen LogP contribution in [0, 0.1) is 0 Å². The van der Waals surface area contributed by atoms with Crippen LogP contribution in [0.1, 0.15) is 23.2 Å². The number of carbonyl (C=O) groups is 2. The molecule has 0 bridgehead atoms. The number of amides is 2. The van der Waals surface area contributed by atoms with Gasteiger partial charge in [0.05, 0.1) is 6.61 Å². The fourth-order valence-corrected chi connectivity index (χ4v) is 2.12. The van der Waals surface area contributed by atoms with E-state index in [1.165, 1.54) is 0 Å². The third-order valence-electron chi connectivity index (χ3n) is 3.25. The minimum Gasteiger partial charge on any atom is -0.491 e. The quantitative estimate of drug-likeness (QED) is 0.726. The van der Waals surface area contributed by atoms with Crippen LogP contribution >= 0.6 is 0 Å². The number of ether oxygens (including phenoxy) is 2. The first-order chi connectivity index (χ1) is 10.2. The molecule has 1 aromatic rings. The molecule has 6 heteroatoms. The molecule has 0 saturated carbocycles. The fraction of sp³-hybridized carbons (Fsp3) is 0.467. The zero-order valence-corrected chi connectivity index (χ0v) is 12.1. The molecule has 1 fully saturated rings. The molecule has 1 saturated heterocycles. The first-order valence-corrected chi connectivity index (χ1v) is 6.98. The first-order valence-electron chi connectivity index (χ1n) is 6.98. The molecular formula is C15H20N2O4. The minimum absolute atomic E-state index is 0.0302. The van der Waals surface area contributed by atoms with Crippen LogP contribution in [0.15, 0.2) is 24.3 Å². The van der Waals surface area contributed by atoms with Crippen LogP contribution in [-0.2, 0) is 9.53 Å². The molecule has 1 atom stereocenters. The standard InChI is InChI=1S/C15H20N2O4/c1-20-7-8-21-13-4-2-3-11(9-13)15(19)16-10-12-5-6-14(18)17-12/h2-4,9,12H,5-8,10H2,1H3,(H,16,19)(H,17,18)/t12-/m0/s1. The smallest absolute Gasteiger partial charge is 0.251 e. The Morgan fingerprint density at radius 1 is 1.43 bits per heavy atom. The van der Waals surface area contributed by atoms with E-state index in [1.54, 1.807) is 31.4 Å². The number of hydrogen-bond acceptors (Lipinski definition) is 4. The molecule has 1 heterocycles. The van der Waals surface area contributed by atoms with Gasteiger partial charge in [-0.25, -0.2) is 0 Å². The van der Waals surface area contributed by atoms with Gasteiger partial charge in [-0.1, -0.05) is 6.07 Å². The Hall–Kier alpha value is -2.08. The lowest BCUT2D eigenvalue weighted by molar-refractivity contribution is -0.119. The van der Waals surface area contributed by atoms with Gasteiger partial charge in [-0.15, -0.1) is 0 Å². The van der Waals surface area contributed by atoms with E-state index in [-0.39, 0.29) is 17.9 Å². The lowest BCUT2D eigenvalue weighted by atomic mass is 10.2. The molecule has 0 radical (unpaired) electrons. The van der Waals surface area contributed by atoms with Gasteiger partial charge in [0.1, 0.15) is 12.4 Å². The topological polar surface area (TPSA) is 76.7 Å². The minimum atomic E-state index is -0.173. The van der Waals surface area contributed by atoms with Crippen LogP contribution in [0.3, 0.4) is 0 Å². The molecule has 2 amide bonds. The molecule has 0 unspecified atom stereocenters. The lowest BCUT2D eigenvalue weighted by Gasteiger charge is -2.12. The number of nitrogens with one attached hydrogen (secondary N) is 2. The molecule has 2 rings (SSSR count). The van der Waals surface area contributed by atoms with Gasteiger partial charge in [0.15, 0.2) is 0 Å². The van der Waals surface area contributed by atoms with Crippen LogP contribution in [0.2, 0.25) is 0 Å². The molecule has 1 aromatic carbocycles. The third-order valence-corrected chi connectivity index (χ3v) is 3.25. The van der Waals surface area contributed by atoms with E-state index in [9.17, 15) is 9.59 Å². The summed E-state index contributed by atoms with van der Waals surface area (Å²) in [7, 11) is 1.61. The largest absolute Gasteiger partial charge is 0.491 e. The number of hydrogen-bond donors (Lipinski definition) is 2. The summed E-state index contributed by atoms with van der Waals surface area (Å²) < 4.78 is 10.4. The number of carbonyl (C=O) groups excluding carboxylic acids is 2. The summed E-state index contributed by atoms with van der Waals surface area (Å²) >= 11 is 0. The first kappa shape index (κ1) is 15.3. The average Bonchev–Trinajstić information content (AvgIpc) is 2.91. The normalized spacial score (nSPS) is 17.4. The van der Waals surface area contributed by atoms with Crippen molar-refractivity contribution < 1.29 is 19.1 Å². The van der Waals surface area contributed by atoms with Crippen LogP contribution in [0.5, 0.6) is 5.75 Å². The van der Waals surface area contributed by atoms with Crippen molar-refractivity contribution in [2.24, 2.45) is 0 Å². The molecule has 2 N–H and O–H groups in total. The number of rotatable bonds is 7. The van der Waals surface area contributed by atoms with E-state index >= 15 is 0 Å². The van der Waals surface area contributed by atoms with Crippen molar-refractivity contribution in [1.29, 1.82) is 0 Å². The van der Waals surface area contributed by atoms with Crippen molar-refractivity contribution in [1.82, 2.24) is 10.6 Å². The van der Waals surface area contributed by atoms with Crippen molar-refractivity contribution >= 4 is 11.8 Å². The van der Waals surface area contributed by atoms with E-state index in [4.69, 9.17) is 9.47 Å². The SMILES string of the molecule is COCCOc1cccc(C(=O)NC[C@@H]2CCC(=O)N2)c1. The molecule has 0 aromatic heterocycles. The van der Waals surface area contributed by atoms with E-state index in [0.29, 0.717) is 37.5 Å². The van der Waals surface area contributed by atoms with Gasteiger partial charge < -0.3 is 20.1 Å². The average molecular weight is 292 g/mol. The van der Waals surface area contributed by atoms with Crippen LogP contribution in [0.4, 0.5) is 0 Å². The van der Waals surface area contributed by atoms with E-state index in [2.05, 4.69) is 10.6 Å².